The van der Waals surface area contributed by atoms with E-state index in [0.717, 1.165) is 19.8 Å². The van der Waals surface area contributed by atoms with Crippen LogP contribution in [-0.2, 0) is 11.2 Å². The Morgan fingerprint density at radius 3 is 2.90 bits per heavy atom. The zero-order chi connectivity index (χ0) is 14.5. The fraction of sp³-hybridized carbons (Fsp3) is 0.267. The Morgan fingerprint density at radius 2 is 2.25 bits per heavy atom. The molecular weight excluding hydrogens is 343 g/mol. The molecule has 104 valence electrons. The monoisotopic (exact) mass is 354 g/mol. The maximum atomic E-state index is 13.5. The van der Waals surface area contributed by atoms with Gasteiger partial charge >= 0.3 is 5.97 Å². The Balaban J connectivity index is 2.19. The van der Waals surface area contributed by atoms with Crippen LogP contribution < -0.4 is 0 Å². The summed E-state index contributed by atoms with van der Waals surface area (Å²) in [5, 5.41) is 9.63. The highest BCUT2D eigenvalue weighted by atomic mass is 79.9. The summed E-state index contributed by atoms with van der Waals surface area (Å²) in [5.41, 5.74) is 0.798. The van der Waals surface area contributed by atoms with Crippen LogP contribution in [0.2, 0.25) is 0 Å². The van der Waals surface area contributed by atoms with Gasteiger partial charge < -0.3 is 5.11 Å². The van der Waals surface area contributed by atoms with E-state index in [-0.39, 0.29) is 11.7 Å². The predicted octanol–water partition coefficient (Wildman–Crippen LogP) is 4.43. The van der Waals surface area contributed by atoms with E-state index in [1.165, 1.54) is 12.1 Å². The molecule has 0 saturated carbocycles. The molecule has 2 aromatic rings. The first kappa shape index (κ1) is 13.8. The molecule has 0 spiro atoms. The molecule has 1 aromatic carbocycles. The van der Waals surface area contributed by atoms with Gasteiger partial charge in [0.2, 0.25) is 0 Å². The molecule has 1 aliphatic rings. The van der Waals surface area contributed by atoms with Gasteiger partial charge in [-0.3, -0.25) is 4.79 Å². The van der Waals surface area contributed by atoms with Gasteiger partial charge in [0.15, 0.2) is 0 Å². The van der Waals surface area contributed by atoms with Crippen molar-refractivity contribution in [3.63, 3.8) is 0 Å². The Bertz CT molecular complexity index is 697. The first-order valence-corrected chi connectivity index (χ1v) is 7.80. The van der Waals surface area contributed by atoms with E-state index in [9.17, 15) is 14.3 Å². The molecule has 0 saturated heterocycles. The van der Waals surface area contributed by atoms with E-state index in [1.54, 1.807) is 30.4 Å². The Morgan fingerprint density at radius 1 is 1.50 bits per heavy atom. The number of aliphatic carboxylic acids is 1. The maximum Gasteiger partial charge on any atom is 0.310 e. The molecule has 5 heteroatoms. The first-order chi connectivity index (χ1) is 9.41. The summed E-state index contributed by atoms with van der Waals surface area (Å²) >= 11 is 5.00. The average molecular weight is 355 g/mol. The molecule has 1 aromatic heterocycles. The second kappa shape index (κ2) is 4.67. The van der Waals surface area contributed by atoms with Crippen molar-refractivity contribution in [2.24, 2.45) is 5.41 Å². The van der Waals surface area contributed by atoms with Gasteiger partial charge in [0.25, 0.3) is 0 Å². The SMILES string of the molecule is C[C@]1(C(=O)O)Cc2sc(Br)cc2C1c1cccc(F)c1. The Hall–Kier alpha value is -1.20. The van der Waals surface area contributed by atoms with Crippen LogP contribution in [0, 0.1) is 11.2 Å². The number of carboxylic acid groups (broad SMARTS) is 1. The summed E-state index contributed by atoms with van der Waals surface area (Å²) in [6.45, 7) is 1.74. The molecule has 0 radical (unpaired) electrons. The van der Waals surface area contributed by atoms with Gasteiger partial charge in [0, 0.05) is 10.8 Å². The highest BCUT2D eigenvalue weighted by Gasteiger charge is 2.50. The summed E-state index contributed by atoms with van der Waals surface area (Å²) in [6, 6.07) is 8.21. The predicted molar refractivity (Wildman–Crippen MR) is 79.7 cm³/mol. The lowest BCUT2D eigenvalue weighted by atomic mass is 9.74. The minimum atomic E-state index is -0.921. The van der Waals surface area contributed by atoms with Crippen molar-refractivity contribution >= 4 is 33.2 Å². The highest BCUT2D eigenvalue weighted by Crippen LogP contribution is 2.54. The minimum Gasteiger partial charge on any atom is -0.481 e. The van der Waals surface area contributed by atoms with Gasteiger partial charge in [-0.1, -0.05) is 12.1 Å². The molecule has 1 aliphatic carbocycles. The topological polar surface area (TPSA) is 37.3 Å². The minimum absolute atomic E-state index is 0.312. The normalized spacial score (nSPS) is 24.6. The van der Waals surface area contributed by atoms with E-state index in [0.29, 0.717) is 6.42 Å². The van der Waals surface area contributed by atoms with E-state index in [4.69, 9.17) is 0 Å². The zero-order valence-electron chi connectivity index (χ0n) is 10.7. The third-order valence-electron chi connectivity index (χ3n) is 3.96. The lowest BCUT2D eigenvalue weighted by molar-refractivity contribution is -0.148. The molecule has 1 heterocycles. The molecule has 0 aliphatic heterocycles. The lowest BCUT2D eigenvalue weighted by Gasteiger charge is -2.28. The van der Waals surface area contributed by atoms with Gasteiger partial charge in [-0.15, -0.1) is 11.3 Å². The van der Waals surface area contributed by atoms with Crippen molar-refractivity contribution in [1.29, 1.82) is 0 Å². The molecule has 20 heavy (non-hydrogen) atoms. The van der Waals surface area contributed by atoms with Crippen molar-refractivity contribution in [3.8, 4) is 0 Å². The quantitative estimate of drug-likeness (QED) is 0.866. The number of hydrogen-bond donors (Lipinski definition) is 1. The molecule has 1 unspecified atom stereocenters. The average Bonchev–Trinajstić information content (AvgIpc) is 2.81. The van der Waals surface area contributed by atoms with Gasteiger partial charge in [0.05, 0.1) is 9.20 Å². The lowest BCUT2D eigenvalue weighted by Crippen LogP contribution is -2.32. The Labute approximate surface area is 128 Å². The number of carbonyl (C=O) groups is 1. The van der Waals surface area contributed by atoms with E-state index >= 15 is 0 Å². The number of thiophene rings is 1. The van der Waals surface area contributed by atoms with Crippen LogP contribution in [0.3, 0.4) is 0 Å². The van der Waals surface area contributed by atoms with Crippen molar-refractivity contribution in [2.75, 3.05) is 0 Å². The molecular formula is C15H12BrFO2S. The zero-order valence-corrected chi connectivity index (χ0v) is 13.1. The Kier molecular flexibility index (Phi) is 3.21. The largest absolute Gasteiger partial charge is 0.481 e. The maximum absolute atomic E-state index is 13.5. The summed E-state index contributed by atoms with van der Waals surface area (Å²) in [5.74, 6) is -1.49. The molecule has 2 nitrogen and oxygen atoms in total. The second-order valence-corrected chi connectivity index (χ2v) is 7.83. The van der Waals surface area contributed by atoms with E-state index < -0.39 is 11.4 Å². The number of rotatable bonds is 2. The molecule has 1 N–H and O–H groups in total. The van der Waals surface area contributed by atoms with Crippen LogP contribution in [-0.4, -0.2) is 11.1 Å². The molecule has 0 amide bonds. The standard InChI is InChI=1S/C15H12BrFO2S/c1-15(14(18)19)7-11-10(6-12(16)20-11)13(15)8-3-2-4-9(17)5-8/h2-6,13H,7H2,1H3,(H,18,19)/t13?,15-/m0/s1. The number of hydrogen-bond acceptors (Lipinski definition) is 2. The molecule has 0 fully saturated rings. The van der Waals surface area contributed by atoms with Crippen molar-refractivity contribution in [1.82, 2.24) is 0 Å². The van der Waals surface area contributed by atoms with Crippen LogP contribution in [0.4, 0.5) is 4.39 Å². The van der Waals surface area contributed by atoms with Crippen molar-refractivity contribution < 1.29 is 14.3 Å². The van der Waals surface area contributed by atoms with Crippen LogP contribution in [0.25, 0.3) is 0 Å². The summed E-state index contributed by atoms with van der Waals surface area (Å²) < 4.78 is 14.5. The fourth-order valence-electron chi connectivity index (χ4n) is 3.00. The van der Waals surface area contributed by atoms with Gasteiger partial charge in [0.1, 0.15) is 5.82 Å². The third kappa shape index (κ3) is 2.00. The highest BCUT2D eigenvalue weighted by molar-refractivity contribution is 9.11. The van der Waals surface area contributed by atoms with Crippen molar-refractivity contribution in [2.45, 2.75) is 19.3 Å². The fourth-order valence-corrected chi connectivity index (χ4v) is 4.92. The summed E-state index contributed by atoms with van der Waals surface area (Å²) in [4.78, 5) is 12.8. The summed E-state index contributed by atoms with van der Waals surface area (Å²) in [7, 11) is 0. The third-order valence-corrected chi connectivity index (χ3v) is 5.61. The van der Waals surface area contributed by atoms with Gasteiger partial charge in [-0.05, 0) is 58.6 Å². The van der Waals surface area contributed by atoms with Crippen molar-refractivity contribution in [3.05, 3.63) is 55.9 Å². The van der Waals surface area contributed by atoms with Crippen LogP contribution >= 0.6 is 27.3 Å². The smallest absolute Gasteiger partial charge is 0.310 e. The number of halogens is 2. The molecule has 3 rings (SSSR count). The van der Waals surface area contributed by atoms with Crippen LogP contribution in [0.5, 0.6) is 0 Å². The molecule has 0 bridgehead atoms. The van der Waals surface area contributed by atoms with Crippen LogP contribution in [0.15, 0.2) is 34.1 Å². The van der Waals surface area contributed by atoms with Gasteiger partial charge in [-0.2, -0.15) is 0 Å². The summed E-state index contributed by atoms with van der Waals surface area (Å²) in [6.07, 6.45) is 0.481. The number of carboxylic acids is 1. The first-order valence-electron chi connectivity index (χ1n) is 6.19. The molecule has 2 atom stereocenters. The van der Waals surface area contributed by atoms with E-state index in [1.807, 2.05) is 6.07 Å². The van der Waals surface area contributed by atoms with Crippen LogP contribution in [0.1, 0.15) is 28.8 Å². The number of fused-ring (bicyclic) bond motifs is 1. The second-order valence-electron chi connectivity index (χ2n) is 5.32. The number of benzene rings is 1. The van der Waals surface area contributed by atoms with E-state index in [2.05, 4.69) is 15.9 Å². The van der Waals surface area contributed by atoms with Gasteiger partial charge in [-0.25, -0.2) is 4.39 Å².